The minimum absolute atomic E-state index is 0.0410. The summed E-state index contributed by atoms with van der Waals surface area (Å²) in [5.41, 5.74) is 0.606. The van der Waals surface area contributed by atoms with Crippen molar-refractivity contribution in [3.05, 3.63) is 11.6 Å². The minimum Gasteiger partial charge on any atom is -0.455 e. The number of carbonyl (C=O) groups excluding carboxylic acids is 1. The quantitative estimate of drug-likeness (QED) is 0.0858. The number of aliphatic hydroxyl groups excluding tert-OH is 3. The molecule has 7 heteroatoms. The van der Waals surface area contributed by atoms with Crippen molar-refractivity contribution in [2.75, 3.05) is 0 Å². The molecule has 3 N–H and O–H groups in total. The molecule has 3 heterocycles. The smallest absolute Gasteiger partial charge is 0.334 e. The molecule has 0 aromatic rings. The van der Waals surface area contributed by atoms with Crippen molar-refractivity contribution in [1.29, 1.82) is 0 Å². The summed E-state index contributed by atoms with van der Waals surface area (Å²) in [5.74, 6) is -0.290. The number of aliphatic hydroxyl groups is 3. The van der Waals surface area contributed by atoms with Crippen molar-refractivity contribution >= 4 is 5.97 Å². The number of esters is 1. The fourth-order valence-corrected chi connectivity index (χ4v) is 6.93. The zero-order chi connectivity index (χ0) is 30.2. The van der Waals surface area contributed by atoms with Crippen molar-refractivity contribution in [3.63, 3.8) is 0 Å². The predicted octanol–water partition coefficient (Wildman–Crippen LogP) is 7.08. The van der Waals surface area contributed by atoms with Crippen molar-refractivity contribution in [3.8, 4) is 0 Å². The van der Waals surface area contributed by atoms with E-state index in [1.165, 1.54) is 44.9 Å². The fraction of sp³-hybridized carbons (Fsp3) is 0.914. The molecule has 0 aromatic carbocycles. The first-order valence-corrected chi connectivity index (χ1v) is 17.6. The molecule has 0 saturated carbocycles. The van der Waals surface area contributed by atoms with E-state index in [-0.39, 0.29) is 42.6 Å². The number of carbonyl (C=O) groups is 1. The van der Waals surface area contributed by atoms with Crippen molar-refractivity contribution < 1.29 is 34.3 Å². The maximum atomic E-state index is 11.7. The van der Waals surface area contributed by atoms with Gasteiger partial charge in [0.05, 0.1) is 42.7 Å². The van der Waals surface area contributed by atoms with Crippen LogP contribution in [0.25, 0.3) is 0 Å². The number of rotatable bonds is 23. The molecule has 0 aliphatic carbocycles. The Kier molecular flexibility index (Phi) is 17.0. The van der Waals surface area contributed by atoms with Gasteiger partial charge in [0.25, 0.3) is 0 Å². The summed E-state index contributed by atoms with van der Waals surface area (Å²) in [6.07, 6.45) is 23.2. The molecule has 0 spiro atoms. The first kappa shape index (κ1) is 35.5. The average molecular weight is 595 g/mol. The van der Waals surface area contributed by atoms with E-state index in [0.717, 1.165) is 83.5 Å². The van der Waals surface area contributed by atoms with Gasteiger partial charge in [-0.15, -0.1) is 0 Å². The van der Waals surface area contributed by atoms with Gasteiger partial charge in [-0.2, -0.15) is 0 Å². The molecular formula is C35H62O7. The molecule has 2 fully saturated rings. The Balaban J connectivity index is 1.16. The Morgan fingerprint density at radius 3 is 1.60 bits per heavy atom. The van der Waals surface area contributed by atoms with Crippen LogP contribution in [-0.2, 0) is 19.0 Å². The van der Waals surface area contributed by atoms with E-state index in [0.29, 0.717) is 18.4 Å². The monoisotopic (exact) mass is 594 g/mol. The molecule has 0 amide bonds. The van der Waals surface area contributed by atoms with E-state index in [1.54, 1.807) is 6.08 Å². The summed E-state index contributed by atoms with van der Waals surface area (Å²) < 4.78 is 17.6. The van der Waals surface area contributed by atoms with Gasteiger partial charge in [-0.25, -0.2) is 4.79 Å². The maximum Gasteiger partial charge on any atom is 0.334 e. The number of hydrogen-bond acceptors (Lipinski definition) is 7. The molecular weight excluding hydrogens is 532 g/mol. The molecule has 3 rings (SSSR count). The van der Waals surface area contributed by atoms with Crippen LogP contribution in [0.4, 0.5) is 0 Å². The lowest BCUT2D eigenvalue weighted by Gasteiger charge is -2.24. The second kappa shape index (κ2) is 20.1. The number of ether oxygens (including phenoxy) is 3. The van der Waals surface area contributed by atoms with Gasteiger partial charge in [0.15, 0.2) is 0 Å². The molecule has 0 bridgehead atoms. The summed E-state index contributed by atoms with van der Waals surface area (Å²) in [5, 5.41) is 31.6. The third kappa shape index (κ3) is 12.9. The van der Waals surface area contributed by atoms with Gasteiger partial charge in [-0.3, -0.25) is 0 Å². The topological polar surface area (TPSA) is 105 Å². The second-order valence-electron chi connectivity index (χ2n) is 13.3. The number of cyclic esters (lactones) is 1. The zero-order valence-electron chi connectivity index (χ0n) is 26.7. The third-order valence-corrected chi connectivity index (χ3v) is 9.53. The summed E-state index contributed by atoms with van der Waals surface area (Å²) in [6, 6.07) is 0. The van der Waals surface area contributed by atoms with Gasteiger partial charge >= 0.3 is 5.97 Å². The van der Waals surface area contributed by atoms with Crippen LogP contribution in [0.3, 0.4) is 0 Å². The Hall–Kier alpha value is -0.990. The highest BCUT2D eigenvalue weighted by Crippen LogP contribution is 2.34. The van der Waals surface area contributed by atoms with Crippen LogP contribution < -0.4 is 0 Å². The Morgan fingerprint density at radius 2 is 1.14 bits per heavy atom. The maximum absolute atomic E-state index is 11.7. The fourth-order valence-electron chi connectivity index (χ4n) is 6.93. The van der Waals surface area contributed by atoms with Crippen LogP contribution >= 0.6 is 0 Å². The zero-order valence-corrected chi connectivity index (χ0v) is 26.7. The molecule has 7 nitrogen and oxygen atoms in total. The summed E-state index contributed by atoms with van der Waals surface area (Å²) in [7, 11) is 0. The van der Waals surface area contributed by atoms with Gasteiger partial charge in [0.2, 0.25) is 0 Å². The minimum atomic E-state index is -0.482. The normalized spacial score (nSPS) is 28.2. The molecule has 2 saturated heterocycles. The summed E-state index contributed by atoms with van der Waals surface area (Å²) >= 11 is 0. The summed E-state index contributed by atoms with van der Waals surface area (Å²) in [4.78, 5) is 11.7. The second-order valence-corrected chi connectivity index (χ2v) is 13.3. The van der Waals surface area contributed by atoms with E-state index < -0.39 is 12.2 Å². The van der Waals surface area contributed by atoms with Crippen LogP contribution in [0, 0.1) is 0 Å². The molecule has 244 valence electrons. The first-order valence-electron chi connectivity index (χ1n) is 17.6. The summed E-state index contributed by atoms with van der Waals surface area (Å²) in [6.45, 7) is 4.08. The van der Waals surface area contributed by atoms with E-state index in [4.69, 9.17) is 14.2 Å². The van der Waals surface area contributed by atoms with Crippen molar-refractivity contribution in [2.45, 2.75) is 204 Å². The van der Waals surface area contributed by atoms with Crippen LogP contribution in [0.2, 0.25) is 0 Å². The molecule has 3 aliphatic rings. The Labute approximate surface area is 255 Å². The highest BCUT2D eigenvalue weighted by molar-refractivity contribution is 5.90. The third-order valence-electron chi connectivity index (χ3n) is 9.53. The van der Waals surface area contributed by atoms with Gasteiger partial charge in [-0.05, 0) is 57.9 Å². The van der Waals surface area contributed by atoms with Crippen LogP contribution in [0.5, 0.6) is 0 Å². The van der Waals surface area contributed by atoms with Crippen LogP contribution in [-0.4, -0.2) is 70.1 Å². The highest BCUT2D eigenvalue weighted by atomic mass is 16.6. The highest BCUT2D eigenvalue weighted by Gasteiger charge is 2.40. The average Bonchev–Trinajstić information content (AvgIpc) is 3.72. The first-order chi connectivity index (χ1) is 20.4. The van der Waals surface area contributed by atoms with Gasteiger partial charge in [0, 0.05) is 12.0 Å². The van der Waals surface area contributed by atoms with E-state index in [2.05, 4.69) is 6.92 Å². The van der Waals surface area contributed by atoms with Gasteiger partial charge < -0.3 is 29.5 Å². The predicted molar refractivity (Wildman–Crippen MR) is 166 cm³/mol. The van der Waals surface area contributed by atoms with Gasteiger partial charge in [0.1, 0.15) is 6.10 Å². The van der Waals surface area contributed by atoms with E-state index >= 15 is 0 Å². The lowest BCUT2D eigenvalue weighted by molar-refractivity contribution is -0.139. The number of unbranched alkanes of at least 4 members (excludes halogenated alkanes) is 12. The molecule has 42 heavy (non-hydrogen) atoms. The Bertz CT molecular complexity index is 770. The van der Waals surface area contributed by atoms with Crippen LogP contribution in [0.1, 0.15) is 155 Å². The molecule has 0 aromatic heterocycles. The molecule has 3 aliphatic heterocycles. The van der Waals surface area contributed by atoms with Gasteiger partial charge in [-0.1, -0.05) is 96.8 Å². The molecule has 8 atom stereocenters. The van der Waals surface area contributed by atoms with Crippen molar-refractivity contribution in [1.82, 2.24) is 0 Å². The SMILES string of the molecule is CCCCCCCCCC[C@H](O)[C@H]1CC[C@@H]([C@@H]2CC[C@H]([C@H](O)CCCCCCCC[C@@H](O)CC3=C[C@@H](C)OC3=O)O2)O1. The van der Waals surface area contributed by atoms with Crippen LogP contribution in [0.15, 0.2) is 11.6 Å². The lowest BCUT2D eigenvalue weighted by atomic mass is 10.00. The lowest BCUT2D eigenvalue weighted by Crippen LogP contribution is -2.33. The number of hydrogen-bond donors (Lipinski definition) is 3. The van der Waals surface area contributed by atoms with E-state index in [9.17, 15) is 20.1 Å². The van der Waals surface area contributed by atoms with Crippen molar-refractivity contribution in [2.24, 2.45) is 0 Å². The standard InChI is InChI=1S/C35H62O7/c1-3-4-5-6-7-8-12-15-18-29(37)31-20-22-33(41-31)34-23-21-32(42-34)30(38)19-16-13-10-9-11-14-17-28(36)25-27-24-26(2)40-35(27)39/h24,26,28-34,36-38H,3-23,25H2,1-2H3/t26-,28-,29+,30-,31-,32-,33+,34+/m1/s1. The van der Waals surface area contributed by atoms with E-state index in [1.807, 2.05) is 6.92 Å². The largest absolute Gasteiger partial charge is 0.455 e. The molecule has 0 unspecified atom stereocenters. The molecule has 0 radical (unpaired) electrons. The Morgan fingerprint density at radius 1 is 0.690 bits per heavy atom.